The molecule has 0 aliphatic rings. The number of thioether (sulfide) groups is 1. The Hall–Kier alpha value is -2.99. The predicted molar refractivity (Wildman–Crippen MR) is 111 cm³/mol. The average Bonchev–Trinajstić information content (AvgIpc) is 3.29. The van der Waals surface area contributed by atoms with Gasteiger partial charge in [-0.15, -0.1) is 0 Å². The van der Waals surface area contributed by atoms with Crippen LogP contribution in [0.4, 0.5) is 5.69 Å². The van der Waals surface area contributed by atoms with Gasteiger partial charge in [-0.2, -0.15) is 5.10 Å². The molecule has 0 saturated carbocycles. The highest BCUT2D eigenvalue weighted by atomic mass is 32.2. The van der Waals surface area contributed by atoms with Gasteiger partial charge < -0.3 is 9.88 Å². The number of hydrogen-bond donors (Lipinski definition) is 2. The van der Waals surface area contributed by atoms with Crippen LogP contribution in [0.2, 0.25) is 0 Å². The Morgan fingerprint density at radius 3 is 2.70 bits per heavy atom. The monoisotopic (exact) mass is 376 g/mol. The molecule has 0 spiro atoms. The van der Waals surface area contributed by atoms with E-state index in [2.05, 4.69) is 51.3 Å². The van der Waals surface area contributed by atoms with Crippen LogP contribution in [0.15, 0.2) is 65.8 Å². The molecule has 4 rings (SSSR count). The molecule has 0 aliphatic carbocycles. The van der Waals surface area contributed by atoms with Gasteiger partial charge in [0.25, 0.3) is 0 Å². The zero-order chi connectivity index (χ0) is 18.8. The zero-order valence-corrected chi connectivity index (χ0v) is 16.0. The van der Waals surface area contributed by atoms with E-state index in [1.54, 1.807) is 18.0 Å². The van der Waals surface area contributed by atoms with Crippen LogP contribution in [0.25, 0.3) is 22.2 Å². The first kappa shape index (κ1) is 17.4. The Morgan fingerprint density at radius 1 is 1.15 bits per heavy atom. The van der Waals surface area contributed by atoms with Crippen molar-refractivity contribution in [3.05, 3.63) is 66.4 Å². The number of benzene rings is 2. The maximum absolute atomic E-state index is 12.3. The lowest BCUT2D eigenvalue weighted by molar-refractivity contribution is -0.113. The molecular formula is C21H20N4OS. The predicted octanol–water partition coefficient (Wildman–Crippen LogP) is 4.61. The lowest BCUT2D eigenvalue weighted by Crippen LogP contribution is -2.14. The highest BCUT2D eigenvalue weighted by Crippen LogP contribution is 2.27. The summed E-state index contributed by atoms with van der Waals surface area (Å²) in [5.41, 5.74) is 5.19. The van der Waals surface area contributed by atoms with E-state index in [1.165, 1.54) is 16.5 Å². The molecule has 6 heteroatoms. The summed E-state index contributed by atoms with van der Waals surface area (Å²) >= 11 is 1.54. The highest BCUT2D eigenvalue weighted by molar-refractivity contribution is 8.00. The van der Waals surface area contributed by atoms with Crippen molar-refractivity contribution in [3.8, 4) is 11.3 Å². The Balaban J connectivity index is 1.39. The summed E-state index contributed by atoms with van der Waals surface area (Å²) in [4.78, 5) is 12.3. The number of amides is 1. The number of rotatable bonds is 5. The summed E-state index contributed by atoms with van der Waals surface area (Å²) in [7, 11) is 2.03. The van der Waals surface area contributed by atoms with Gasteiger partial charge in [0.1, 0.15) is 0 Å². The number of nitrogens with zero attached hydrogens (tertiary/aromatic N) is 2. The topological polar surface area (TPSA) is 62.7 Å². The SMILES string of the molecule is Cc1ccc2c(c1)cc(SCC(=O)Nc1ccc(-c3ccn[nH]3)cc1)n2C. The van der Waals surface area contributed by atoms with Crippen LogP contribution in [0.3, 0.4) is 0 Å². The van der Waals surface area contributed by atoms with E-state index in [0.717, 1.165) is 22.0 Å². The van der Waals surface area contributed by atoms with Crippen LogP contribution in [0, 0.1) is 6.92 Å². The molecule has 5 nitrogen and oxygen atoms in total. The van der Waals surface area contributed by atoms with Crippen molar-refractivity contribution in [2.24, 2.45) is 7.05 Å². The molecule has 0 atom stereocenters. The van der Waals surface area contributed by atoms with E-state index in [1.807, 2.05) is 37.4 Å². The van der Waals surface area contributed by atoms with Gasteiger partial charge in [-0.05, 0) is 48.9 Å². The molecule has 0 bridgehead atoms. The van der Waals surface area contributed by atoms with E-state index in [0.29, 0.717) is 5.75 Å². The molecule has 0 aliphatic heterocycles. The molecular weight excluding hydrogens is 356 g/mol. The number of carbonyl (C=O) groups is 1. The molecule has 2 aromatic heterocycles. The van der Waals surface area contributed by atoms with Crippen LogP contribution >= 0.6 is 11.8 Å². The minimum atomic E-state index is -0.0178. The second-order valence-corrected chi connectivity index (χ2v) is 7.48. The molecule has 0 fully saturated rings. The van der Waals surface area contributed by atoms with Crippen molar-refractivity contribution in [1.82, 2.24) is 14.8 Å². The number of H-pyrrole nitrogens is 1. The van der Waals surface area contributed by atoms with Gasteiger partial charge in [0.05, 0.1) is 16.5 Å². The second kappa shape index (κ2) is 7.32. The molecule has 27 heavy (non-hydrogen) atoms. The van der Waals surface area contributed by atoms with Crippen LogP contribution in [-0.4, -0.2) is 26.4 Å². The number of aromatic nitrogens is 3. The normalized spacial score (nSPS) is 11.0. The van der Waals surface area contributed by atoms with E-state index >= 15 is 0 Å². The summed E-state index contributed by atoms with van der Waals surface area (Å²) in [6.07, 6.45) is 1.72. The van der Waals surface area contributed by atoms with Gasteiger partial charge in [0.2, 0.25) is 5.91 Å². The van der Waals surface area contributed by atoms with Gasteiger partial charge >= 0.3 is 0 Å². The lowest BCUT2D eigenvalue weighted by Gasteiger charge is -2.07. The Labute approximate surface area is 161 Å². The molecule has 2 N–H and O–H groups in total. The molecule has 1 amide bonds. The molecule has 2 heterocycles. The Bertz CT molecular complexity index is 1080. The summed E-state index contributed by atoms with van der Waals surface area (Å²) in [6, 6.07) is 18.2. The van der Waals surface area contributed by atoms with Gasteiger partial charge in [-0.3, -0.25) is 9.89 Å². The number of anilines is 1. The lowest BCUT2D eigenvalue weighted by atomic mass is 10.1. The van der Waals surface area contributed by atoms with Crippen molar-refractivity contribution in [1.29, 1.82) is 0 Å². The largest absolute Gasteiger partial charge is 0.339 e. The van der Waals surface area contributed by atoms with Crippen molar-refractivity contribution in [3.63, 3.8) is 0 Å². The quantitative estimate of drug-likeness (QED) is 0.500. The first-order valence-corrected chi connectivity index (χ1v) is 9.67. The number of aryl methyl sites for hydroxylation is 2. The highest BCUT2D eigenvalue weighted by Gasteiger charge is 2.10. The van der Waals surface area contributed by atoms with Crippen molar-refractivity contribution < 1.29 is 4.79 Å². The van der Waals surface area contributed by atoms with Crippen molar-refractivity contribution in [2.75, 3.05) is 11.1 Å². The third-order valence-corrected chi connectivity index (χ3v) is 5.58. The van der Waals surface area contributed by atoms with Crippen LogP contribution in [-0.2, 0) is 11.8 Å². The second-order valence-electron chi connectivity index (χ2n) is 6.49. The van der Waals surface area contributed by atoms with Gasteiger partial charge in [0.15, 0.2) is 0 Å². The van der Waals surface area contributed by atoms with Crippen LogP contribution in [0.1, 0.15) is 5.56 Å². The van der Waals surface area contributed by atoms with Gasteiger partial charge in [-0.1, -0.05) is 35.5 Å². The number of nitrogens with one attached hydrogen (secondary N) is 2. The minimum Gasteiger partial charge on any atom is -0.339 e. The molecule has 136 valence electrons. The fraction of sp³-hybridized carbons (Fsp3) is 0.143. The number of carbonyl (C=O) groups excluding carboxylic acids is 1. The van der Waals surface area contributed by atoms with E-state index in [9.17, 15) is 4.79 Å². The van der Waals surface area contributed by atoms with Crippen molar-refractivity contribution in [2.45, 2.75) is 11.9 Å². The molecule has 0 unspecified atom stereocenters. The van der Waals surface area contributed by atoms with Gasteiger partial charge in [-0.25, -0.2) is 0 Å². The molecule has 0 radical (unpaired) electrons. The Kier molecular flexibility index (Phi) is 4.73. The third-order valence-electron chi connectivity index (χ3n) is 4.49. The van der Waals surface area contributed by atoms with Crippen molar-refractivity contribution >= 4 is 34.3 Å². The molecule has 4 aromatic rings. The summed E-state index contributed by atoms with van der Waals surface area (Å²) in [5, 5.41) is 12.1. The average molecular weight is 376 g/mol. The summed E-state index contributed by atoms with van der Waals surface area (Å²) in [5.74, 6) is 0.349. The van der Waals surface area contributed by atoms with Crippen LogP contribution in [0.5, 0.6) is 0 Å². The smallest absolute Gasteiger partial charge is 0.234 e. The summed E-state index contributed by atoms with van der Waals surface area (Å²) < 4.78 is 2.13. The molecule has 0 saturated heterocycles. The number of hydrogen-bond acceptors (Lipinski definition) is 3. The van der Waals surface area contributed by atoms with E-state index < -0.39 is 0 Å². The zero-order valence-electron chi connectivity index (χ0n) is 15.2. The molecule has 2 aromatic carbocycles. The minimum absolute atomic E-state index is 0.0178. The maximum Gasteiger partial charge on any atom is 0.234 e. The third kappa shape index (κ3) is 3.75. The first-order valence-electron chi connectivity index (χ1n) is 8.69. The van der Waals surface area contributed by atoms with Crippen LogP contribution < -0.4 is 5.32 Å². The fourth-order valence-corrected chi connectivity index (χ4v) is 3.92. The maximum atomic E-state index is 12.3. The Morgan fingerprint density at radius 2 is 1.96 bits per heavy atom. The van der Waals surface area contributed by atoms with Gasteiger partial charge in [0, 0.05) is 29.8 Å². The first-order chi connectivity index (χ1) is 13.1. The number of aromatic amines is 1. The fourth-order valence-electron chi connectivity index (χ4n) is 3.07. The summed E-state index contributed by atoms with van der Waals surface area (Å²) in [6.45, 7) is 2.09. The van der Waals surface area contributed by atoms with E-state index in [-0.39, 0.29) is 5.91 Å². The van der Waals surface area contributed by atoms with E-state index in [4.69, 9.17) is 0 Å². The standard InChI is InChI=1S/C21H20N4OS/c1-14-3-8-19-16(11-14)12-21(25(19)2)27-13-20(26)23-17-6-4-15(5-7-17)18-9-10-22-24-18/h3-12H,13H2,1-2H3,(H,22,24)(H,23,26). The number of fused-ring (bicyclic) bond motifs is 1.